The summed E-state index contributed by atoms with van der Waals surface area (Å²) < 4.78 is 0. The number of hydrogen-bond donors (Lipinski definition) is 2. The van der Waals surface area contributed by atoms with Crippen molar-refractivity contribution in [2.45, 2.75) is 38.5 Å². The van der Waals surface area contributed by atoms with Crippen LogP contribution in [0.4, 0.5) is 0 Å². The summed E-state index contributed by atoms with van der Waals surface area (Å²) in [6.45, 7) is 3.01. The standard InChI is InChI=1S/C13H24N2O3/c1-14-12(16)5-3-9-15-8-2-4-11(10-15)6-7-13(17)18/h11H,2-10H2,1H3,(H,14,16)(H,17,18). The molecule has 0 aliphatic carbocycles. The summed E-state index contributed by atoms with van der Waals surface area (Å²) in [6, 6.07) is 0. The average Bonchev–Trinajstić information content (AvgIpc) is 2.36. The number of aliphatic carboxylic acids is 1. The van der Waals surface area contributed by atoms with Crippen LogP contribution >= 0.6 is 0 Å². The highest BCUT2D eigenvalue weighted by Gasteiger charge is 2.20. The van der Waals surface area contributed by atoms with Crippen molar-refractivity contribution in [1.29, 1.82) is 0 Å². The van der Waals surface area contributed by atoms with Crippen molar-refractivity contribution < 1.29 is 14.7 Å². The summed E-state index contributed by atoms with van der Waals surface area (Å²) >= 11 is 0. The van der Waals surface area contributed by atoms with Gasteiger partial charge in [-0.1, -0.05) is 0 Å². The van der Waals surface area contributed by atoms with E-state index in [9.17, 15) is 9.59 Å². The number of carboxylic acids is 1. The SMILES string of the molecule is CNC(=O)CCCN1CCCC(CCC(=O)O)C1. The van der Waals surface area contributed by atoms with Gasteiger partial charge in [0.05, 0.1) is 0 Å². The molecular formula is C13H24N2O3. The molecule has 5 nitrogen and oxygen atoms in total. The Balaban J connectivity index is 2.18. The fraction of sp³-hybridized carbons (Fsp3) is 0.846. The second-order valence-electron chi connectivity index (χ2n) is 5.02. The van der Waals surface area contributed by atoms with Crippen molar-refractivity contribution in [3.8, 4) is 0 Å². The second-order valence-corrected chi connectivity index (χ2v) is 5.02. The lowest BCUT2D eigenvalue weighted by atomic mass is 9.93. The molecule has 0 aromatic rings. The van der Waals surface area contributed by atoms with Crippen LogP contribution in [0.2, 0.25) is 0 Å². The number of carbonyl (C=O) groups is 2. The van der Waals surface area contributed by atoms with Crippen LogP contribution < -0.4 is 5.32 Å². The molecule has 1 unspecified atom stereocenters. The van der Waals surface area contributed by atoms with E-state index in [2.05, 4.69) is 10.2 Å². The van der Waals surface area contributed by atoms with Crippen molar-refractivity contribution in [1.82, 2.24) is 10.2 Å². The molecule has 0 aromatic heterocycles. The molecule has 104 valence electrons. The maximum atomic E-state index is 11.1. The molecule has 5 heteroatoms. The predicted molar refractivity (Wildman–Crippen MR) is 69.3 cm³/mol. The summed E-state index contributed by atoms with van der Waals surface area (Å²) in [7, 11) is 1.66. The van der Waals surface area contributed by atoms with Gasteiger partial charge in [-0.25, -0.2) is 0 Å². The van der Waals surface area contributed by atoms with Gasteiger partial charge in [0, 0.05) is 26.4 Å². The minimum absolute atomic E-state index is 0.0921. The molecular weight excluding hydrogens is 232 g/mol. The van der Waals surface area contributed by atoms with E-state index in [1.807, 2.05) is 0 Å². The zero-order chi connectivity index (χ0) is 13.4. The van der Waals surface area contributed by atoms with Gasteiger partial charge in [0.1, 0.15) is 0 Å². The largest absolute Gasteiger partial charge is 0.481 e. The Kier molecular flexibility index (Phi) is 6.72. The van der Waals surface area contributed by atoms with Gasteiger partial charge < -0.3 is 15.3 Å². The number of likely N-dealkylation sites (tertiary alicyclic amines) is 1. The fourth-order valence-corrected chi connectivity index (χ4v) is 2.51. The van der Waals surface area contributed by atoms with E-state index in [4.69, 9.17) is 5.11 Å². The Morgan fingerprint density at radius 2 is 2.17 bits per heavy atom. The lowest BCUT2D eigenvalue weighted by Gasteiger charge is -2.32. The minimum atomic E-state index is -0.702. The molecule has 18 heavy (non-hydrogen) atoms. The summed E-state index contributed by atoms with van der Waals surface area (Å²) in [5.41, 5.74) is 0. The number of nitrogens with zero attached hydrogens (tertiary/aromatic N) is 1. The molecule has 1 amide bonds. The van der Waals surface area contributed by atoms with Crippen LogP contribution in [0.5, 0.6) is 0 Å². The average molecular weight is 256 g/mol. The van der Waals surface area contributed by atoms with Gasteiger partial charge in [-0.3, -0.25) is 9.59 Å². The van der Waals surface area contributed by atoms with Crippen LogP contribution in [0.25, 0.3) is 0 Å². The van der Waals surface area contributed by atoms with E-state index in [1.165, 1.54) is 0 Å². The Labute approximate surface area is 109 Å². The van der Waals surface area contributed by atoms with Gasteiger partial charge in [-0.15, -0.1) is 0 Å². The van der Waals surface area contributed by atoms with Crippen LogP contribution in [-0.2, 0) is 9.59 Å². The van der Waals surface area contributed by atoms with Crippen molar-refractivity contribution in [3.63, 3.8) is 0 Å². The molecule has 1 aliphatic heterocycles. The zero-order valence-electron chi connectivity index (χ0n) is 11.2. The molecule has 0 aromatic carbocycles. The normalized spacial score (nSPS) is 20.6. The summed E-state index contributed by atoms with van der Waals surface area (Å²) in [4.78, 5) is 24.0. The van der Waals surface area contributed by atoms with E-state index in [-0.39, 0.29) is 12.3 Å². The Morgan fingerprint density at radius 3 is 2.83 bits per heavy atom. The number of carboxylic acid groups (broad SMARTS) is 1. The highest BCUT2D eigenvalue weighted by molar-refractivity contribution is 5.75. The number of piperidine rings is 1. The highest BCUT2D eigenvalue weighted by Crippen LogP contribution is 2.21. The van der Waals surface area contributed by atoms with Crippen molar-refractivity contribution >= 4 is 11.9 Å². The number of carbonyl (C=O) groups excluding carboxylic acids is 1. The Morgan fingerprint density at radius 1 is 1.39 bits per heavy atom. The fourth-order valence-electron chi connectivity index (χ4n) is 2.51. The number of rotatable bonds is 7. The van der Waals surface area contributed by atoms with Gasteiger partial charge in [-0.05, 0) is 44.7 Å². The van der Waals surface area contributed by atoms with Gasteiger partial charge in [-0.2, -0.15) is 0 Å². The van der Waals surface area contributed by atoms with E-state index in [1.54, 1.807) is 7.05 Å². The molecule has 1 saturated heterocycles. The number of amides is 1. The first kappa shape index (κ1) is 15.0. The van der Waals surface area contributed by atoms with Crippen molar-refractivity contribution in [2.75, 3.05) is 26.7 Å². The van der Waals surface area contributed by atoms with Crippen LogP contribution in [-0.4, -0.2) is 48.6 Å². The third-order valence-corrected chi connectivity index (χ3v) is 3.53. The van der Waals surface area contributed by atoms with Gasteiger partial charge in [0.25, 0.3) is 0 Å². The maximum Gasteiger partial charge on any atom is 0.303 e. The van der Waals surface area contributed by atoms with E-state index in [0.717, 1.165) is 45.3 Å². The summed E-state index contributed by atoms with van der Waals surface area (Å²) in [6.07, 6.45) is 4.79. The molecule has 1 fully saturated rings. The van der Waals surface area contributed by atoms with E-state index < -0.39 is 5.97 Å². The second kappa shape index (κ2) is 8.08. The monoisotopic (exact) mass is 256 g/mol. The lowest BCUT2D eigenvalue weighted by molar-refractivity contribution is -0.137. The van der Waals surface area contributed by atoms with Crippen LogP contribution in [0, 0.1) is 5.92 Å². The third kappa shape index (κ3) is 6.00. The zero-order valence-corrected chi connectivity index (χ0v) is 11.2. The molecule has 0 spiro atoms. The van der Waals surface area contributed by atoms with Crippen LogP contribution in [0.3, 0.4) is 0 Å². The van der Waals surface area contributed by atoms with Gasteiger partial charge in [0.2, 0.25) is 5.91 Å². The number of hydrogen-bond acceptors (Lipinski definition) is 3. The van der Waals surface area contributed by atoms with E-state index >= 15 is 0 Å². The molecule has 2 N–H and O–H groups in total. The van der Waals surface area contributed by atoms with Crippen molar-refractivity contribution in [3.05, 3.63) is 0 Å². The van der Waals surface area contributed by atoms with Gasteiger partial charge >= 0.3 is 5.97 Å². The third-order valence-electron chi connectivity index (χ3n) is 3.53. The highest BCUT2D eigenvalue weighted by atomic mass is 16.4. The molecule has 0 bridgehead atoms. The summed E-state index contributed by atoms with van der Waals surface area (Å²) in [5, 5.41) is 11.3. The van der Waals surface area contributed by atoms with Gasteiger partial charge in [0.15, 0.2) is 0 Å². The first-order valence-corrected chi connectivity index (χ1v) is 6.76. The molecule has 0 saturated carbocycles. The summed E-state index contributed by atoms with van der Waals surface area (Å²) in [5.74, 6) is -0.101. The smallest absolute Gasteiger partial charge is 0.303 e. The first-order chi connectivity index (χ1) is 8.61. The molecule has 1 aliphatic rings. The van der Waals surface area contributed by atoms with Crippen LogP contribution in [0.1, 0.15) is 38.5 Å². The molecule has 1 heterocycles. The van der Waals surface area contributed by atoms with Crippen LogP contribution in [0.15, 0.2) is 0 Å². The molecule has 1 rings (SSSR count). The minimum Gasteiger partial charge on any atom is -0.481 e. The number of nitrogens with one attached hydrogen (secondary N) is 1. The quantitative estimate of drug-likeness (QED) is 0.715. The van der Waals surface area contributed by atoms with E-state index in [0.29, 0.717) is 12.3 Å². The molecule has 0 radical (unpaired) electrons. The Hall–Kier alpha value is -1.10. The topological polar surface area (TPSA) is 69.6 Å². The molecule has 1 atom stereocenters. The first-order valence-electron chi connectivity index (χ1n) is 6.76. The van der Waals surface area contributed by atoms with Crippen molar-refractivity contribution in [2.24, 2.45) is 5.92 Å². The predicted octanol–water partition coefficient (Wildman–Crippen LogP) is 1.09. The Bertz CT molecular complexity index is 281. The maximum absolute atomic E-state index is 11.1. The lowest BCUT2D eigenvalue weighted by Crippen LogP contribution is -2.36.